The van der Waals surface area contributed by atoms with Gasteiger partial charge in [0.05, 0.1) is 17.6 Å². The Morgan fingerprint density at radius 2 is 1.60 bits per heavy atom. The first-order chi connectivity index (χ1) is 14.5. The van der Waals surface area contributed by atoms with Crippen LogP contribution in [0.4, 0.5) is 0 Å². The van der Waals surface area contributed by atoms with E-state index >= 15 is 0 Å². The number of aromatic nitrogens is 2. The first-order valence-electron chi connectivity index (χ1n) is 10.4. The molecule has 0 saturated heterocycles. The number of rotatable bonds is 6. The summed E-state index contributed by atoms with van der Waals surface area (Å²) >= 11 is 0. The second-order valence-corrected chi connectivity index (χ2v) is 8.13. The summed E-state index contributed by atoms with van der Waals surface area (Å²) in [7, 11) is 0. The molecule has 0 radical (unpaired) electrons. The third-order valence-electron chi connectivity index (χ3n) is 5.15. The molecule has 0 aliphatic heterocycles. The van der Waals surface area contributed by atoms with E-state index in [0.717, 1.165) is 28.1 Å². The largest absolute Gasteiger partial charge is 0.331 e. The molecule has 4 heteroatoms. The maximum absolute atomic E-state index is 13.3. The SMILES string of the molecule is Cc1ccc(C(=O)N(Cc2nc3ccccc3n2-c2ccccc2)CC(C)C)cc1. The molecule has 0 aliphatic carbocycles. The number of aryl methyl sites for hydroxylation is 1. The van der Waals surface area contributed by atoms with Gasteiger partial charge in [-0.1, -0.05) is 61.9 Å². The average molecular weight is 398 g/mol. The first-order valence-corrected chi connectivity index (χ1v) is 10.4. The van der Waals surface area contributed by atoms with Crippen molar-refractivity contribution < 1.29 is 4.79 Å². The average Bonchev–Trinajstić information content (AvgIpc) is 3.11. The Balaban J connectivity index is 1.76. The minimum absolute atomic E-state index is 0.0374. The van der Waals surface area contributed by atoms with Crippen molar-refractivity contribution in [1.29, 1.82) is 0 Å². The molecule has 4 nitrogen and oxygen atoms in total. The van der Waals surface area contributed by atoms with Crippen LogP contribution in [-0.2, 0) is 6.54 Å². The van der Waals surface area contributed by atoms with E-state index in [9.17, 15) is 4.79 Å². The van der Waals surface area contributed by atoms with E-state index < -0.39 is 0 Å². The molecule has 0 aliphatic rings. The van der Waals surface area contributed by atoms with E-state index in [2.05, 4.69) is 36.6 Å². The highest BCUT2D eigenvalue weighted by atomic mass is 16.2. The summed E-state index contributed by atoms with van der Waals surface area (Å²) < 4.78 is 2.16. The quantitative estimate of drug-likeness (QED) is 0.423. The van der Waals surface area contributed by atoms with Crippen molar-refractivity contribution in [2.75, 3.05) is 6.54 Å². The van der Waals surface area contributed by atoms with Gasteiger partial charge >= 0.3 is 0 Å². The summed E-state index contributed by atoms with van der Waals surface area (Å²) in [5.41, 5.74) is 4.89. The lowest BCUT2D eigenvalue weighted by Crippen LogP contribution is -2.34. The molecule has 0 bridgehead atoms. The Morgan fingerprint density at radius 1 is 0.933 bits per heavy atom. The fraction of sp³-hybridized carbons (Fsp3) is 0.231. The zero-order valence-electron chi connectivity index (χ0n) is 17.7. The number of hydrogen-bond donors (Lipinski definition) is 0. The van der Waals surface area contributed by atoms with E-state index in [4.69, 9.17) is 4.98 Å². The van der Waals surface area contributed by atoms with E-state index in [0.29, 0.717) is 24.6 Å². The molecule has 0 fully saturated rings. The molecule has 0 spiro atoms. The number of imidazole rings is 1. The Kier molecular flexibility index (Phi) is 5.66. The third-order valence-corrected chi connectivity index (χ3v) is 5.15. The van der Waals surface area contributed by atoms with Crippen LogP contribution in [0.25, 0.3) is 16.7 Å². The van der Waals surface area contributed by atoms with Gasteiger partial charge in [0.1, 0.15) is 5.82 Å². The van der Waals surface area contributed by atoms with E-state index in [1.54, 1.807) is 0 Å². The van der Waals surface area contributed by atoms with Gasteiger partial charge in [-0.25, -0.2) is 4.98 Å². The minimum Gasteiger partial charge on any atom is -0.331 e. The summed E-state index contributed by atoms with van der Waals surface area (Å²) in [5.74, 6) is 1.26. The molecular formula is C26H27N3O. The fourth-order valence-electron chi connectivity index (χ4n) is 3.76. The molecule has 4 rings (SSSR count). The topological polar surface area (TPSA) is 38.1 Å². The minimum atomic E-state index is 0.0374. The van der Waals surface area contributed by atoms with Gasteiger partial charge < -0.3 is 4.90 Å². The highest BCUT2D eigenvalue weighted by Gasteiger charge is 2.21. The molecule has 0 unspecified atom stereocenters. The van der Waals surface area contributed by atoms with Crippen molar-refractivity contribution in [2.45, 2.75) is 27.3 Å². The molecule has 0 atom stereocenters. The zero-order valence-corrected chi connectivity index (χ0v) is 17.7. The zero-order chi connectivity index (χ0) is 21.1. The lowest BCUT2D eigenvalue weighted by Gasteiger charge is -2.25. The fourth-order valence-corrected chi connectivity index (χ4v) is 3.76. The summed E-state index contributed by atoms with van der Waals surface area (Å²) in [4.78, 5) is 20.2. The summed E-state index contributed by atoms with van der Waals surface area (Å²) in [5, 5.41) is 0. The Bertz CT molecular complexity index is 1140. The van der Waals surface area contributed by atoms with Crippen LogP contribution in [0, 0.1) is 12.8 Å². The van der Waals surface area contributed by atoms with Gasteiger partial charge in [0.2, 0.25) is 0 Å². The van der Waals surface area contributed by atoms with Gasteiger partial charge in [-0.2, -0.15) is 0 Å². The van der Waals surface area contributed by atoms with Gasteiger partial charge in [-0.3, -0.25) is 9.36 Å². The van der Waals surface area contributed by atoms with Crippen LogP contribution in [0.1, 0.15) is 35.6 Å². The van der Waals surface area contributed by atoms with Crippen LogP contribution in [0.2, 0.25) is 0 Å². The van der Waals surface area contributed by atoms with Crippen LogP contribution in [0.5, 0.6) is 0 Å². The molecule has 4 aromatic rings. The molecule has 0 saturated carbocycles. The molecular weight excluding hydrogens is 370 g/mol. The molecule has 152 valence electrons. The Labute approximate surface area is 177 Å². The van der Waals surface area contributed by atoms with E-state index in [1.165, 1.54) is 0 Å². The number of nitrogens with zero attached hydrogens (tertiary/aromatic N) is 3. The van der Waals surface area contributed by atoms with Crippen molar-refractivity contribution in [2.24, 2.45) is 5.92 Å². The highest BCUT2D eigenvalue weighted by Crippen LogP contribution is 2.23. The maximum atomic E-state index is 13.3. The van der Waals surface area contributed by atoms with E-state index in [-0.39, 0.29) is 5.91 Å². The Hall–Kier alpha value is -3.40. The summed E-state index contributed by atoms with van der Waals surface area (Å²) in [6.07, 6.45) is 0. The number of carbonyl (C=O) groups is 1. The van der Waals surface area contributed by atoms with Crippen molar-refractivity contribution in [3.63, 3.8) is 0 Å². The molecule has 1 aromatic heterocycles. The van der Waals surface area contributed by atoms with Gasteiger partial charge in [-0.15, -0.1) is 0 Å². The monoisotopic (exact) mass is 397 g/mol. The maximum Gasteiger partial charge on any atom is 0.254 e. The van der Waals surface area contributed by atoms with Crippen LogP contribution in [-0.4, -0.2) is 26.9 Å². The van der Waals surface area contributed by atoms with Gasteiger partial charge in [0.15, 0.2) is 0 Å². The van der Waals surface area contributed by atoms with Gasteiger partial charge in [0, 0.05) is 17.8 Å². The summed E-state index contributed by atoms with van der Waals surface area (Å²) in [6.45, 7) is 7.42. The number of carbonyl (C=O) groups excluding carboxylic acids is 1. The van der Waals surface area contributed by atoms with Gasteiger partial charge in [-0.05, 0) is 49.2 Å². The highest BCUT2D eigenvalue weighted by molar-refractivity contribution is 5.94. The van der Waals surface area contributed by atoms with Crippen LogP contribution >= 0.6 is 0 Å². The molecule has 30 heavy (non-hydrogen) atoms. The number of para-hydroxylation sites is 3. The van der Waals surface area contributed by atoms with Crippen molar-refractivity contribution >= 4 is 16.9 Å². The lowest BCUT2D eigenvalue weighted by atomic mass is 10.1. The van der Waals surface area contributed by atoms with Crippen LogP contribution in [0.15, 0.2) is 78.9 Å². The van der Waals surface area contributed by atoms with E-state index in [1.807, 2.05) is 72.5 Å². The van der Waals surface area contributed by atoms with Crippen molar-refractivity contribution in [3.8, 4) is 5.69 Å². The predicted octanol–water partition coefficient (Wildman–Crippen LogP) is 5.63. The molecule has 0 N–H and O–H groups in total. The normalized spacial score (nSPS) is 11.2. The molecule has 1 heterocycles. The second kappa shape index (κ2) is 8.54. The van der Waals surface area contributed by atoms with Crippen molar-refractivity contribution in [3.05, 3.63) is 95.8 Å². The first kappa shape index (κ1) is 19.9. The number of hydrogen-bond acceptors (Lipinski definition) is 2. The second-order valence-electron chi connectivity index (χ2n) is 8.13. The smallest absolute Gasteiger partial charge is 0.254 e. The third kappa shape index (κ3) is 4.13. The number of amides is 1. The summed E-state index contributed by atoms with van der Waals surface area (Å²) in [6, 6.07) is 26.1. The van der Waals surface area contributed by atoms with Crippen LogP contribution in [0.3, 0.4) is 0 Å². The standard InChI is InChI=1S/C26H27N3O/c1-19(2)17-28(26(30)21-15-13-20(3)14-16-21)18-25-27-23-11-7-8-12-24(23)29(25)22-9-5-4-6-10-22/h4-16,19H,17-18H2,1-3H3. The van der Waals surface area contributed by atoms with Gasteiger partial charge in [0.25, 0.3) is 5.91 Å². The predicted molar refractivity (Wildman–Crippen MR) is 122 cm³/mol. The molecule has 1 amide bonds. The number of benzene rings is 3. The Morgan fingerprint density at radius 3 is 2.30 bits per heavy atom. The van der Waals surface area contributed by atoms with Crippen molar-refractivity contribution in [1.82, 2.24) is 14.5 Å². The lowest BCUT2D eigenvalue weighted by molar-refractivity contribution is 0.0717. The van der Waals surface area contributed by atoms with Crippen LogP contribution < -0.4 is 0 Å². The molecule has 3 aromatic carbocycles. The number of fused-ring (bicyclic) bond motifs is 1.